The van der Waals surface area contributed by atoms with Crippen LogP contribution in [0.3, 0.4) is 0 Å². The van der Waals surface area contributed by atoms with Crippen LogP contribution in [0.1, 0.15) is 31.2 Å². The molecule has 1 saturated heterocycles. The van der Waals surface area contributed by atoms with Crippen LogP contribution < -0.4 is 10.6 Å². The molecule has 21 heavy (non-hydrogen) atoms. The number of halogens is 3. The average Bonchev–Trinajstić information content (AvgIpc) is 2.94. The minimum absolute atomic E-state index is 0. The predicted octanol–water partition coefficient (Wildman–Crippen LogP) is 2.58. The highest BCUT2D eigenvalue weighted by Gasteiger charge is 2.14. The number of rotatable bonds is 6. The highest BCUT2D eigenvalue weighted by molar-refractivity contribution is 5.85. The molecule has 1 aliphatic heterocycles. The third-order valence-electron chi connectivity index (χ3n) is 3.56. The molecule has 2 rings (SSSR count). The van der Waals surface area contributed by atoms with Gasteiger partial charge >= 0.3 is 0 Å². The number of hydrogen-bond acceptors (Lipinski definition) is 2. The van der Waals surface area contributed by atoms with Crippen LogP contribution in [0, 0.1) is 11.6 Å². The smallest absolute Gasteiger partial charge is 0.220 e. The van der Waals surface area contributed by atoms with Gasteiger partial charge in [0.15, 0.2) is 11.6 Å². The van der Waals surface area contributed by atoms with E-state index < -0.39 is 11.6 Å². The van der Waals surface area contributed by atoms with Crippen LogP contribution in [0.25, 0.3) is 0 Å². The van der Waals surface area contributed by atoms with Crippen LogP contribution in [-0.4, -0.2) is 25.0 Å². The number of carbonyl (C=O) groups is 1. The van der Waals surface area contributed by atoms with Gasteiger partial charge in [-0.15, -0.1) is 12.4 Å². The van der Waals surface area contributed by atoms with Crippen molar-refractivity contribution >= 4 is 18.3 Å². The SMILES string of the molecule is Cl.O=C(CCCc1ccc(F)c(F)c1)NCC1CCCN1. The van der Waals surface area contributed by atoms with Crippen LogP contribution in [0.2, 0.25) is 0 Å². The molecule has 0 aliphatic carbocycles. The summed E-state index contributed by atoms with van der Waals surface area (Å²) in [5.74, 6) is -1.66. The third-order valence-corrected chi connectivity index (χ3v) is 3.56. The molecule has 0 spiro atoms. The summed E-state index contributed by atoms with van der Waals surface area (Å²) in [5, 5.41) is 6.21. The fourth-order valence-corrected chi connectivity index (χ4v) is 2.40. The van der Waals surface area contributed by atoms with E-state index in [2.05, 4.69) is 10.6 Å². The molecular formula is C15H21ClF2N2O. The lowest BCUT2D eigenvalue weighted by atomic mass is 10.1. The van der Waals surface area contributed by atoms with Crippen LogP contribution in [0.15, 0.2) is 18.2 Å². The van der Waals surface area contributed by atoms with Gasteiger partial charge in [0.1, 0.15) is 0 Å². The first-order valence-electron chi connectivity index (χ1n) is 7.09. The van der Waals surface area contributed by atoms with Gasteiger partial charge in [-0.25, -0.2) is 8.78 Å². The fraction of sp³-hybridized carbons (Fsp3) is 0.533. The molecule has 6 heteroatoms. The summed E-state index contributed by atoms with van der Waals surface area (Å²) in [4.78, 5) is 11.6. The van der Waals surface area contributed by atoms with Crippen LogP contribution >= 0.6 is 12.4 Å². The lowest BCUT2D eigenvalue weighted by Crippen LogP contribution is -2.37. The highest BCUT2D eigenvalue weighted by atomic mass is 35.5. The van der Waals surface area contributed by atoms with Gasteiger partial charge in [-0.3, -0.25) is 4.79 Å². The maximum absolute atomic E-state index is 13.0. The summed E-state index contributed by atoms with van der Waals surface area (Å²) in [6.45, 7) is 1.70. The number of nitrogens with one attached hydrogen (secondary N) is 2. The Hall–Kier alpha value is -1.20. The summed E-state index contributed by atoms with van der Waals surface area (Å²) in [5.41, 5.74) is 0.717. The van der Waals surface area contributed by atoms with E-state index in [-0.39, 0.29) is 18.3 Å². The van der Waals surface area contributed by atoms with Gasteiger partial charge in [-0.2, -0.15) is 0 Å². The Bertz CT molecular complexity index is 465. The van der Waals surface area contributed by atoms with Crippen LogP contribution in [0.5, 0.6) is 0 Å². The minimum Gasteiger partial charge on any atom is -0.355 e. The van der Waals surface area contributed by atoms with Crippen molar-refractivity contribution in [2.24, 2.45) is 0 Å². The van der Waals surface area contributed by atoms with Crippen molar-refractivity contribution < 1.29 is 13.6 Å². The monoisotopic (exact) mass is 318 g/mol. The Morgan fingerprint density at radius 2 is 2.14 bits per heavy atom. The maximum Gasteiger partial charge on any atom is 0.220 e. The van der Waals surface area contributed by atoms with E-state index in [0.29, 0.717) is 37.4 Å². The summed E-state index contributed by atoms with van der Waals surface area (Å²) in [6, 6.07) is 4.26. The number of amides is 1. The van der Waals surface area contributed by atoms with Gasteiger partial charge in [0.05, 0.1) is 0 Å². The number of benzene rings is 1. The Morgan fingerprint density at radius 3 is 2.81 bits per heavy atom. The molecule has 1 unspecified atom stereocenters. The lowest BCUT2D eigenvalue weighted by Gasteiger charge is -2.11. The summed E-state index contributed by atoms with van der Waals surface area (Å²) in [7, 11) is 0. The molecule has 1 atom stereocenters. The van der Waals surface area contributed by atoms with Gasteiger partial charge in [0.2, 0.25) is 5.91 Å². The van der Waals surface area contributed by atoms with Crippen molar-refractivity contribution in [3.8, 4) is 0 Å². The van der Waals surface area contributed by atoms with E-state index in [1.54, 1.807) is 6.07 Å². The number of carbonyl (C=O) groups excluding carboxylic acids is 1. The molecule has 0 bridgehead atoms. The first-order valence-corrected chi connectivity index (χ1v) is 7.09. The molecule has 0 saturated carbocycles. The molecule has 2 N–H and O–H groups in total. The zero-order chi connectivity index (χ0) is 14.4. The van der Waals surface area contributed by atoms with Gasteiger partial charge in [0.25, 0.3) is 0 Å². The summed E-state index contributed by atoms with van der Waals surface area (Å²) in [6.07, 6.45) is 3.89. The van der Waals surface area contributed by atoms with Crippen molar-refractivity contribution in [2.75, 3.05) is 13.1 Å². The molecule has 1 aromatic carbocycles. The lowest BCUT2D eigenvalue weighted by molar-refractivity contribution is -0.121. The first-order chi connectivity index (χ1) is 9.65. The molecule has 3 nitrogen and oxygen atoms in total. The highest BCUT2D eigenvalue weighted by Crippen LogP contribution is 2.11. The standard InChI is InChI=1S/C15H20F2N2O.ClH/c16-13-7-6-11(9-14(13)17)3-1-5-15(20)19-10-12-4-2-8-18-12;/h6-7,9,12,18H,1-5,8,10H2,(H,19,20);1H. The van der Waals surface area contributed by atoms with E-state index in [9.17, 15) is 13.6 Å². The quantitative estimate of drug-likeness (QED) is 0.846. The zero-order valence-corrected chi connectivity index (χ0v) is 12.6. The minimum atomic E-state index is -0.837. The predicted molar refractivity (Wildman–Crippen MR) is 80.6 cm³/mol. The normalized spacial score (nSPS) is 17.3. The van der Waals surface area contributed by atoms with Crippen molar-refractivity contribution in [3.63, 3.8) is 0 Å². The Kier molecular flexibility index (Phi) is 7.61. The molecule has 1 heterocycles. The molecule has 1 fully saturated rings. The largest absolute Gasteiger partial charge is 0.355 e. The Morgan fingerprint density at radius 1 is 1.33 bits per heavy atom. The Balaban J connectivity index is 0.00000220. The average molecular weight is 319 g/mol. The molecule has 0 aromatic heterocycles. The second-order valence-electron chi connectivity index (χ2n) is 5.20. The molecule has 118 valence electrons. The van der Waals surface area contributed by atoms with Gasteiger partial charge < -0.3 is 10.6 Å². The van der Waals surface area contributed by atoms with Crippen molar-refractivity contribution in [1.29, 1.82) is 0 Å². The third kappa shape index (κ3) is 5.98. The van der Waals surface area contributed by atoms with Crippen molar-refractivity contribution in [3.05, 3.63) is 35.4 Å². The number of aryl methyl sites for hydroxylation is 1. The van der Waals surface area contributed by atoms with Crippen molar-refractivity contribution in [2.45, 2.75) is 38.1 Å². The summed E-state index contributed by atoms with van der Waals surface area (Å²) >= 11 is 0. The first kappa shape index (κ1) is 17.9. The summed E-state index contributed by atoms with van der Waals surface area (Å²) < 4.78 is 25.7. The van der Waals surface area contributed by atoms with Crippen molar-refractivity contribution in [1.82, 2.24) is 10.6 Å². The molecule has 1 aromatic rings. The topological polar surface area (TPSA) is 41.1 Å². The van der Waals surface area contributed by atoms with Crippen LogP contribution in [0.4, 0.5) is 8.78 Å². The number of hydrogen-bond donors (Lipinski definition) is 2. The van der Waals surface area contributed by atoms with Gasteiger partial charge in [0, 0.05) is 19.0 Å². The van der Waals surface area contributed by atoms with Gasteiger partial charge in [-0.05, 0) is 49.9 Å². The van der Waals surface area contributed by atoms with E-state index in [1.165, 1.54) is 6.07 Å². The maximum atomic E-state index is 13.0. The van der Waals surface area contributed by atoms with E-state index in [4.69, 9.17) is 0 Å². The van der Waals surface area contributed by atoms with Gasteiger partial charge in [-0.1, -0.05) is 6.07 Å². The fourth-order valence-electron chi connectivity index (χ4n) is 2.40. The second kappa shape index (κ2) is 8.95. The van der Waals surface area contributed by atoms with E-state index in [0.717, 1.165) is 25.5 Å². The molecule has 0 radical (unpaired) electrons. The molecule has 1 amide bonds. The van der Waals surface area contributed by atoms with E-state index >= 15 is 0 Å². The Labute approximate surface area is 129 Å². The van der Waals surface area contributed by atoms with Crippen LogP contribution in [-0.2, 0) is 11.2 Å². The zero-order valence-electron chi connectivity index (χ0n) is 11.8. The molecular weight excluding hydrogens is 298 g/mol. The van der Waals surface area contributed by atoms with E-state index in [1.807, 2.05) is 0 Å². The molecule has 1 aliphatic rings. The second-order valence-corrected chi connectivity index (χ2v) is 5.20.